The zero-order valence-electron chi connectivity index (χ0n) is 39.4. The first kappa shape index (κ1) is 47.4. The summed E-state index contributed by atoms with van der Waals surface area (Å²) in [7, 11) is 0. The Morgan fingerprint density at radius 3 is 1.60 bits per heavy atom. The Morgan fingerprint density at radius 2 is 1.06 bits per heavy atom. The van der Waals surface area contributed by atoms with Gasteiger partial charge in [-0.25, -0.2) is 0 Å². The summed E-state index contributed by atoms with van der Waals surface area (Å²) >= 11 is 0. The molecule has 12 nitrogen and oxygen atoms in total. The van der Waals surface area contributed by atoms with Gasteiger partial charge in [-0.05, 0) is 89.4 Å². The van der Waals surface area contributed by atoms with Gasteiger partial charge in [0.25, 0.3) is 5.91 Å². The topological polar surface area (TPSA) is 145 Å². The molecule has 6 aliphatic rings. The first-order valence-electron chi connectivity index (χ1n) is 25.1. The van der Waals surface area contributed by atoms with Crippen molar-refractivity contribution in [2.24, 2.45) is 5.73 Å². The molecule has 0 aromatic heterocycles. The molecule has 4 aliphatic carbocycles. The van der Waals surface area contributed by atoms with Crippen LogP contribution < -0.4 is 25.8 Å². The van der Waals surface area contributed by atoms with E-state index in [0.29, 0.717) is 35.7 Å². The van der Waals surface area contributed by atoms with Crippen molar-refractivity contribution in [1.29, 1.82) is 0 Å². The van der Waals surface area contributed by atoms with Crippen molar-refractivity contribution in [1.82, 2.24) is 20.4 Å². The van der Waals surface area contributed by atoms with Crippen molar-refractivity contribution >= 4 is 28.7 Å². The molecular formula is C56H67N5O7. The van der Waals surface area contributed by atoms with E-state index >= 15 is 0 Å². The molecule has 12 heteroatoms. The maximum absolute atomic E-state index is 13.5. The lowest BCUT2D eigenvalue weighted by atomic mass is 9.94. The van der Waals surface area contributed by atoms with Crippen LogP contribution in [0.2, 0.25) is 0 Å². The molecule has 2 heterocycles. The second-order valence-corrected chi connectivity index (χ2v) is 18.8. The van der Waals surface area contributed by atoms with Gasteiger partial charge in [-0.15, -0.1) is 0 Å². The summed E-state index contributed by atoms with van der Waals surface area (Å²) in [5.41, 5.74) is 14.5. The van der Waals surface area contributed by atoms with Crippen LogP contribution in [0.1, 0.15) is 108 Å². The fourth-order valence-electron chi connectivity index (χ4n) is 10.5. The van der Waals surface area contributed by atoms with E-state index in [1.165, 1.54) is 25.7 Å². The minimum Gasteiger partial charge on any atom is -0.492 e. The van der Waals surface area contributed by atoms with Gasteiger partial charge in [-0.2, -0.15) is 0 Å². The van der Waals surface area contributed by atoms with E-state index in [2.05, 4.69) is 38.6 Å². The SMILES string of the molecule is NC1C(C(=O)NC2CCCCC2)=C(c2ccccc2)c2ccc(OCCN3CCOCC3)cc21.O=C(NC1CCCCC1)C1=C(c2ccccc2)c2ccc(OCCN3CCOCC3)cc2C1=O. The highest BCUT2D eigenvalue weighted by molar-refractivity contribution is 6.36. The van der Waals surface area contributed by atoms with Crippen molar-refractivity contribution in [2.75, 3.05) is 78.9 Å². The van der Waals surface area contributed by atoms with E-state index in [9.17, 15) is 14.4 Å². The van der Waals surface area contributed by atoms with Crippen LogP contribution in [0.25, 0.3) is 11.1 Å². The predicted molar refractivity (Wildman–Crippen MR) is 265 cm³/mol. The van der Waals surface area contributed by atoms with Gasteiger partial charge in [-0.3, -0.25) is 24.2 Å². The second-order valence-electron chi connectivity index (χ2n) is 18.8. The maximum atomic E-state index is 13.5. The third kappa shape index (κ3) is 11.4. The quantitative estimate of drug-likeness (QED) is 0.109. The lowest BCUT2D eigenvalue weighted by molar-refractivity contribution is -0.119. The third-order valence-corrected chi connectivity index (χ3v) is 14.2. The van der Waals surface area contributed by atoms with Gasteiger partial charge in [0, 0.05) is 68.1 Å². The van der Waals surface area contributed by atoms with Gasteiger partial charge in [0.2, 0.25) is 5.91 Å². The molecule has 2 saturated carbocycles. The van der Waals surface area contributed by atoms with Crippen molar-refractivity contribution in [3.63, 3.8) is 0 Å². The molecule has 68 heavy (non-hydrogen) atoms. The maximum Gasteiger partial charge on any atom is 0.256 e. The zero-order chi connectivity index (χ0) is 46.7. The van der Waals surface area contributed by atoms with E-state index in [1.807, 2.05) is 72.8 Å². The lowest BCUT2D eigenvalue weighted by Gasteiger charge is -2.26. The van der Waals surface area contributed by atoms with E-state index in [4.69, 9.17) is 24.7 Å². The van der Waals surface area contributed by atoms with E-state index < -0.39 is 6.04 Å². The summed E-state index contributed by atoms with van der Waals surface area (Å²) in [6.07, 6.45) is 11.1. The molecule has 0 bridgehead atoms. The van der Waals surface area contributed by atoms with E-state index in [-0.39, 0.29) is 35.3 Å². The molecule has 4 aromatic carbocycles. The first-order chi connectivity index (χ1) is 33.4. The van der Waals surface area contributed by atoms with Gasteiger partial charge >= 0.3 is 0 Å². The van der Waals surface area contributed by atoms with Gasteiger partial charge < -0.3 is 35.3 Å². The number of amides is 2. The highest BCUT2D eigenvalue weighted by atomic mass is 16.5. The zero-order valence-corrected chi connectivity index (χ0v) is 39.4. The Hall–Kier alpha value is -5.63. The monoisotopic (exact) mass is 922 g/mol. The van der Waals surface area contributed by atoms with Crippen LogP contribution >= 0.6 is 0 Å². The number of carbonyl (C=O) groups is 3. The Labute approximate surface area is 401 Å². The van der Waals surface area contributed by atoms with Crippen molar-refractivity contribution in [2.45, 2.75) is 82.3 Å². The Kier molecular flexibility index (Phi) is 16.1. The van der Waals surface area contributed by atoms with Gasteiger partial charge in [0.1, 0.15) is 24.7 Å². The van der Waals surface area contributed by atoms with Crippen molar-refractivity contribution in [3.8, 4) is 11.5 Å². The molecule has 4 aromatic rings. The predicted octanol–water partition coefficient (Wildman–Crippen LogP) is 7.51. The summed E-state index contributed by atoms with van der Waals surface area (Å²) in [6.45, 7) is 9.64. The third-order valence-electron chi connectivity index (χ3n) is 14.2. The molecule has 1 atom stereocenters. The average molecular weight is 922 g/mol. The van der Waals surface area contributed by atoms with Crippen molar-refractivity contribution in [3.05, 3.63) is 142 Å². The molecule has 4 N–H and O–H groups in total. The number of ketones is 1. The van der Waals surface area contributed by atoms with Crippen molar-refractivity contribution < 1.29 is 33.3 Å². The van der Waals surface area contributed by atoms with Crippen LogP contribution in [-0.2, 0) is 19.1 Å². The number of nitrogens with zero attached hydrogens (tertiary/aromatic N) is 2. The first-order valence-corrected chi connectivity index (χ1v) is 25.1. The number of rotatable bonds is 14. The highest BCUT2D eigenvalue weighted by Gasteiger charge is 2.37. The number of hydrogen-bond donors (Lipinski definition) is 3. The number of carbonyl (C=O) groups excluding carboxylic acids is 3. The molecule has 0 spiro atoms. The minimum absolute atomic E-state index is 0.0377. The molecule has 0 radical (unpaired) electrons. The summed E-state index contributed by atoms with van der Waals surface area (Å²) in [4.78, 5) is 45.1. The molecule has 4 fully saturated rings. The number of nitrogens with one attached hydrogen (secondary N) is 2. The average Bonchev–Trinajstić information content (AvgIpc) is 3.85. The smallest absolute Gasteiger partial charge is 0.256 e. The van der Waals surface area contributed by atoms with Crippen LogP contribution in [0.15, 0.2) is 108 Å². The molecule has 2 aliphatic heterocycles. The molecular weight excluding hydrogens is 855 g/mol. The number of morpholine rings is 2. The van der Waals surface area contributed by atoms with E-state index in [1.54, 1.807) is 6.07 Å². The van der Waals surface area contributed by atoms with Gasteiger partial charge in [0.05, 0.1) is 38.0 Å². The van der Waals surface area contributed by atoms with Crippen LogP contribution in [0.3, 0.4) is 0 Å². The van der Waals surface area contributed by atoms with Gasteiger partial charge in [0.15, 0.2) is 5.78 Å². The Balaban J connectivity index is 0.000000170. The highest BCUT2D eigenvalue weighted by Crippen LogP contribution is 2.44. The number of hydrogen-bond acceptors (Lipinski definition) is 10. The fourth-order valence-corrected chi connectivity index (χ4v) is 10.5. The Bertz CT molecular complexity index is 2430. The summed E-state index contributed by atoms with van der Waals surface area (Å²) < 4.78 is 22.9. The number of Topliss-reactive ketones (excluding diaryl/α,β-unsaturated/α-hetero) is 1. The summed E-state index contributed by atoms with van der Waals surface area (Å²) in [6, 6.07) is 31.4. The fraction of sp³-hybridized carbons (Fsp3) is 0.446. The summed E-state index contributed by atoms with van der Waals surface area (Å²) in [5.74, 6) is 0.928. The van der Waals surface area contributed by atoms with Gasteiger partial charge in [-0.1, -0.05) is 105 Å². The normalized spacial score (nSPS) is 20.3. The number of benzene rings is 4. The van der Waals surface area contributed by atoms with Crippen LogP contribution in [0.4, 0.5) is 0 Å². The van der Waals surface area contributed by atoms with Crippen LogP contribution in [-0.4, -0.2) is 118 Å². The second kappa shape index (κ2) is 23.1. The molecule has 1 unspecified atom stereocenters. The standard InChI is InChI=1S/C28H35N3O3.C28H32N2O4/c29-27-24-19-22(34-18-15-31-13-16-33-17-14-31)11-12-23(24)25(20-7-3-1-4-8-20)26(27)28(32)30-21-9-5-2-6-10-21;31-27-24-19-22(34-18-15-30-13-16-33-17-14-30)11-12-23(24)25(20-7-3-1-4-8-20)26(27)28(32)29-21-9-5-2-6-10-21/h1,3-4,7-8,11-12,19,21,27H,2,5-6,9-10,13-18,29H2,(H,30,32);1,3-4,7-8,11-12,19,21H,2,5-6,9-10,13-18H2,(H,29,32). The largest absolute Gasteiger partial charge is 0.492 e. The van der Waals surface area contributed by atoms with Crippen LogP contribution in [0.5, 0.6) is 11.5 Å². The molecule has 2 amide bonds. The number of fused-ring (bicyclic) bond motifs is 2. The number of nitrogens with two attached hydrogens (primary N) is 1. The van der Waals surface area contributed by atoms with Crippen LogP contribution in [0, 0.1) is 0 Å². The number of ether oxygens (including phenoxy) is 4. The van der Waals surface area contributed by atoms with E-state index in [0.717, 1.165) is 143 Å². The molecule has 2 saturated heterocycles. The minimum atomic E-state index is -0.475. The molecule has 358 valence electrons. The lowest BCUT2D eigenvalue weighted by Crippen LogP contribution is -2.38. The Morgan fingerprint density at radius 1 is 0.574 bits per heavy atom. The summed E-state index contributed by atoms with van der Waals surface area (Å²) in [5, 5.41) is 6.43. The molecule has 10 rings (SSSR count).